The minimum absolute atomic E-state index is 0. The highest BCUT2D eigenvalue weighted by molar-refractivity contribution is 5.85. The molecule has 0 saturated heterocycles. The van der Waals surface area contributed by atoms with Gasteiger partial charge >= 0.3 is 0 Å². The van der Waals surface area contributed by atoms with Gasteiger partial charge in [-0.2, -0.15) is 0 Å². The highest BCUT2D eigenvalue weighted by Crippen LogP contribution is 2.27. The Balaban J connectivity index is 0.00000144. The molecule has 4 unspecified atom stereocenters. The first-order valence-corrected chi connectivity index (χ1v) is 6.72. The Bertz CT molecular complexity index is 260. The third-order valence-electron chi connectivity index (χ3n) is 4.28. The van der Waals surface area contributed by atoms with Crippen LogP contribution in [0.5, 0.6) is 0 Å². The molecule has 2 aliphatic carbocycles. The van der Waals surface area contributed by atoms with Gasteiger partial charge in [0.1, 0.15) is 0 Å². The molecule has 0 aliphatic heterocycles. The number of halogens is 1. The van der Waals surface area contributed by atoms with Crippen LogP contribution in [0.3, 0.4) is 0 Å². The largest absolute Gasteiger partial charge is 0.353 e. The summed E-state index contributed by atoms with van der Waals surface area (Å²) in [6, 6.07) is 0.664. The summed E-state index contributed by atoms with van der Waals surface area (Å²) >= 11 is 0. The van der Waals surface area contributed by atoms with Crippen LogP contribution >= 0.6 is 12.4 Å². The summed E-state index contributed by atoms with van der Waals surface area (Å²) < 4.78 is 0. The number of nitrogens with two attached hydrogens (primary N) is 1. The Morgan fingerprint density at radius 3 is 2.47 bits per heavy atom. The third kappa shape index (κ3) is 3.85. The van der Waals surface area contributed by atoms with Crippen LogP contribution in [0.15, 0.2) is 0 Å². The predicted molar refractivity (Wildman–Crippen MR) is 72.1 cm³/mol. The molecule has 17 heavy (non-hydrogen) atoms. The number of hydrogen-bond acceptors (Lipinski definition) is 2. The van der Waals surface area contributed by atoms with E-state index in [-0.39, 0.29) is 30.3 Å². The van der Waals surface area contributed by atoms with Gasteiger partial charge in [0.25, 0.3) is 0 Å². The van der Waals surface area contributed by atoms with E-state index in [1.807, 2.05) is 0 Å². The van der Waals surface area contributed by atoms with E-state index in [1.165, 1.54) is 19.3 Å². The van der Waals surface area contributed by atoms with Gasteiger partial charge in [-0.1, -0.05) is 19.8 Å². The Morgan fingerprint density at radius 2 is 1.88 bits per heavy atom. The van der Waals surface area contributed by atoms with Gasteiger partial charge in [0.15, 0.2) is 0 Å². The third-order valence-corrected chi connectivity index (χ3v) is 4.28. The van der Waals surface area contributed by atoms with Gasteiger partial charge in [0.2, 0.25) is 5.91 Å². The van der Waals surface area contributed by atoms with Crippen LogP contribution in [0.2, 0.25) is 0 Å². The maximum absolute atomic E-state index is 12.0. The molecule has 0 aromatic carbocycles. The average molecular weight is 261 g/mol. The van der Waals surface area contributed by atoms with Gasteiger partial charge in [-0.3, -0.25) is 4.79 Å². The molecule has 3 nitrogen and oxygen atoms in total. The molecule has 0 aromatic heterocycles. The van der Waals surface area contributed by atoms with Crippen LogP contribution in [-0.2, 0) is 4.79 Å². The first kappa shape index (κ1) is 14.8. The summed E-state index contributed by atoms with van der Waals surface area (Å²) in [5.74, 6) is 1.09. The summed E-state index contributed by atoms with van der Waals surface area (Å²) in [6.45, 7) is 2.25. The second kappa shape index (κ2) is 6.60. The first-order valence-electron chi connectivity index (χ1n) is 6.72. The van der Waals surface area contributed by atoms with Gasteiger partial charge in [-0.15, -0.1) is 12.4 Å². The number of carbonyl (C=O) groups excluding carboxylic acids is 1. The smallest absolute Gasteiger partial charge is 0.223 e. The molecule has 2 rings (SSSR count). The number of carbonyl (C=O) groups is 1. The van der Waals surface area contributed by atoms with Gasteiger partial charge in [-0.05, 0) is 38.0 Å². The number of nitrogens with one attached hydrogen (secondary N) is 1. The highest BCUT2D eigenvalue weighted by atomic mass is 35.5. The molecule has 2 fully saturated rings. The fourth-order valence-electron chi connectivity index (χ4n) is 3.09. The van der Waals surface area contributed by atoms with Crippen molar-refractivity contribution in [2.45, 2.75) is 64.0 Å². The summed E-state index contributed by atoms with van der Waals surface area (Å²) in [4.78, 5) is 12.0. The Morgan fingerprint density at radius 1 is 1.18 bits per heavy atom. The second-order valence-electron chi connectivity index (χ2n) is 5.65. The zero-order chi connectivity index (χ0) is 11.5. The number of rotatable bonds is 2. The molecule has 100 valence electrons. The molecule has 0 bridgehead atoms. The molecule has 0 aromatic rings. The van der Waals surface area contributed by atoms with Crippen LogP contribution in [0.4, 0.5) is 0 Å². The molecule has 4 heteroatoms. The second-order valence-corrected chi connectivity index (χ2v) is 5.65. The zero-order valence-electron chi connectivity index (χ0n) is 10.7. The van der Waals surface area contributed by atoms with Gasteiger partial charge in [0.05, 0.1) is 0 Å². The summed E-state index contributed by atoms with van der Waals surface area (Å²) in [5.41, 5.74) is 5.84. The van der Waals surface area contributed by atoms with E-state index in [0.717, 1.165) is 25.7 Å². The van der Waals surface area contributed by atoms with Crippen LogP contribution in [0.25, 0.3) is 0 Å². The van der Waals surface area contributed by atoms with Crippen LogP contribution in [-0.4, -0.2) is 18.0 Å². The molecular formula is C13H25ClN2O. The molecule has 2 saturated carbocycles. The van der Waals surface area contributed by atoms with E-state index >= 15 is 0 Å². The molecule has 3 N–H and O–H groups in total. The minimum Gasteiger partial charge on any atom is -0.353 e. The van der Waals surface area contributed by atoms with Crippen molar-refractivity contribution in [3.8, 4) is 0 Å². The van der Waals surface area contributed by atoms with E-state index < -0.39 is 0 Å². The summed E-state index contributed by atoms with van der Waals surface area (Å²) in [5, 5.41) is 3.24. The lowest BCUT2D eigenvalue weighted by atomic mass is 9.85. The molecule has 0 spiro atoms. The Hall–Kier alpha value is -0.280. The quantitative estimate of drug-likeness (QED) is 0.800. The molecule has 0 heterocycles. The molecule has 1 amide bonds. The Kier molecular flexibility index (Phi) is 5.74. The van der Waals surface area contributed by atoms with Crippen molar-refractivity contribution in [1.82, 2.24) is 5.32 Å². The van der Waals surface area contributed by atoms with Crippen molar-refractivity contribution in [3.63, 3.8) is 0 Å². The van der Waals surface area contributed by atoms with E-state index in [4.69, 9.17) is 5.73 Å². The van der Waals surface area contributed by atoms with E-state index in [2.05, 4.69) is 12.2 Å². The fraction of sp³-hybridized carbons (Fsp3) is 0.923. The van der Waals surface area contributed by atoms with Gasteiger partial charge < -0.3 is 11.1 Å². The normalized spacial score (nSPS) is 37.3. The molecule has 0 radical (unpaired) electrons. The summed E-state index contributed by atoms with van der Waals surface area (Å²) in [6.07, 6.45) is 7.88. The van der Waals surface area contributed by atoms with Gasteiger partial charge in [0, 0.05) is 18.0 Å². The van der Waals surface area contributed by atoms with Crippen LogP contribution in [0.1, 0.15) is 51.9 Å². The fourth-order valence-corrected chi connectivity index (χ4v) is 3.09. The monoisotopic (exact) mass is 260 g/mol. The van der Waals surface area contributed by atoms with Crippen molar-refractivity contribution in [3.05, 3.63) is 0 Å². The van der Waals surface area contributed by atoms with E-state index in [0.29, 0.717) is 12.0 Å². The lowest BCUT2D eigenvalue weighted by Gasteiger charge is -2.30. The maximum Gasteiger partial charge on any atom is 0.223 e. The molecule has 4 atom stereocenters. The standard InChI is InChI=1S/C13H24N2O.ClH/c1-9-4-2-3-5-12(9)15-13(16)10-6-7-11(14)8-10;/h9-12H,2-8,14H2,1H3,(H,15,16);1H. The average Bonchev–Trinajstić information content (AvgIpc) is 2.68. The van der Waals surface area contributed by atoms with E-state index in [9.17, 15) is 4.79 Å². The zero-order valence-corrected chi connectivity index (χ0v) is 11.5. The van der Waals surface area contributed by atoms with Crippen molar-refractivity contribution in [2.75, 3.05) is 0 Å². The maximum atomic E-state index is 12.0. The SMILES string of the molecule is CC1CCCCC1NC(=O)C1CCC(N)C1.Cl. The number of amides is 1. The van der Waals surface area contributed by atoms with Crippen LogP contribution < -0.4 is 11.1 Å². The summed E-state index contributed by atoms with van der Waals surface area (Å²) in [7, 11) is 0. The number of hydrogen-bond donors (Lipinski definition) is 2. The molecule has 2 aliphatic rings. The lowest BCUT2D eigenvalue weighted by molar-refractivity contribution is -0.126. The highest BCUT2D eigenvalue weighted by Gasteiger charge is 2.30. The predicted octanol–water partition coefficient (Wildman–Crippen LogP) is 2.23. The minimum atomic E-state index is 0. The topological polar surface area (TPSA) is 55.1 Å². The van der Waals surface area contributed by atoms with Crippen molar-refractivity contribution in [2.24, 2.45) is 17.6 Å². The van der Waals surface area contributed by atoms with Gasteiger partial charge in [-0.25, -0.2) is 0 Å². The van der Waals surface area contributed by atoms with Crippen LogP contribution in [0, 0.1) is 11.8 Å². The van der Waals surface area contributed by atoms with Crippen molar-refractivity contribution in [1.29, 1.82) is 0 Å². The van der Waals surface area contributed by atoms with E-state index in [1.54, 1.807) is 0 Å². The van der Waals surface area contributed by atoms with Crippen molar-refractivity contribution >= 4 is 18.3 Å². The Labute approximate surface area is 110 Å². The first-order chi connectivity index (χ1) is 7.66. The van der Waals surface area contributed by atoms with Crippen molar-refractivity contribution < 1.29 is 4.79 Å². The molecular weight excluding hydrogens is 236 g/mol. The lowest BCUT2D eigenvalue weighted by Crippen LogP contribution is -2.43.